The Morgan fingerprint density at radius 3 is 2.33 bits per heavy atom. The van der Waals surface area contributed by atoms with Gasteiger partial charge in [-0.3, -0.25) is 10.1 Å². The van der Waals surface area contributed by atoms with E-state index in [-0.39, 0.29) is 11.6 Å². The molecule has 2 amide bonds. The zero-order valence-electron chi connectivity index (χ0n) is 16.1. The normalized spacial score (nSPS) is 11.0. The molecule has 0 spiro atoms. The minimum atomic E-state index is -0.668. The molecular formula is C17H23N5O5. The summed E-state index contributed by atoms with van der Waals surface area (Å²) in [5.41, 5.74) is 0.0523. The Morgan fingerprint density at radius 2 is 1.74 bits per heavy atom. The molecule has 0 saturated carbocycles. The number of amides is 2. The van der Waals surface area contributed by atoms with E-state index in [0.717, 1.165) is 0 Å². The zero-order chi connectivity index (χ0) is 20.4. The lowest BCUT2D eigenvalue weighted by atomic mass is 10.2. The molecule has 2 aromatic heterocycles. The molecule has 2 heterocycles. The number of hydrogen-bond acceptors (Lipinski definition) is 6. The first-order chi connectivity index (χ1) is 12.5. The van der Waals surface area contributed by atoms with Crippen LogP contribution in [0.25, 0.3) is 0 Å². The van der Waals surface area contributed by atoms with Gasteiger partial charge in [-0.2, -0.15) is 0 Å². The van der Waals surface area contributed by atoms with Gasteiger partial charge in [0.1, 0.15) is 11.3 Å². The van der Waals surface area contributed by atoms with Crippen molar-refractivity contribution in [3.63, 3.8) is 0 Å². The molecule has 0 aliphatic carbocycles. The Kier molecular flexibility index (Phi) is 5.58. The predicted octanol–water partition coefficient (Wildman–Crippen LogP) is 2.14. The van der Waals surface area contributed by atoms with E-state index in [1.54, 1.807) is 41.1 Å². The molecule has 0 aliphatic rings. The van der Waals surface area contributed by atoms with Crippen molar-refractivity contribution in [3.8, 4) is 0 Å². The minimum absolute atomic E-state index is 0.0736. The van der Waals surface area contributed by atoms with Crippen molar-refractivity contribution in [2.75, 3.05) is 17.7 Å². The summed E-state index contributed by atoms with van der Waals surface area (Å²) in [6, 6.07) is 1.49. The molecular weight excluding hydrogens is 354 g/mol. The van der Waals surface area contributed by atoms with Crippen molar-refractivity contribution < 1.29 is 23.9 Å². The highest BCUT2D eigenvalue weighted by Crippen LogP contribution is 2.16. The zero-order valence-corrected chi connectivity index (χ0v) is 16.1. The van der Waals surface area contributed by atoms with E-state index >= 15 is 0 Å². The first kappa shape index (κ1) is 20.0. The number of hydrogen-bond donors (Lipinski definition) is 2. The molecule has 2 aromatic rings. The van der Waals surface area contributed by atoms with Crippen LogP contribution < -0.4 is 10.6 Å². The summed E-state index contributed by atoms with van der Waals surface area (Å²) in [5, 5.41) is 5.13. The van der Waals surface area contributed by atoms with Gasteiger partial charge in [-0.25, -0.2) is 14.6 Å². The summed E-state index contributed by atoms with van der Waals surface area (Å²) in [5.74, 6) is -0.764. The molecule has 0 aromatic carbocycles. The standard InChI is InChI=1S/C17H23N5O5/c1-17(2,3)27-16(25)20-12-9-22(5)13(19-12)14(23)18-10-7-11(15(24)26-6)21(4)8-10/h7-9H,1-6H3,(H,18,23)(H,20,25). The predicted molar refractivity (Wildman–Crippen MR) is 97.8 cm³/mol. The summed E-state index contributed by atoms with van der Waals surface area (Å²) in [6.07, 6.45) is 2.40. The van der Waals surface area contributed by atoms with Crippen LogP contribution in [-0.2, 0) is 23.6 Å². The Hall–Kier alpha value is -3.30. The summed E-state index contributed by atoms with van der Waals surface area (Å²) in [7, 11) is 4.55. The Labute approximate surface area is 156 Å². The van der Waals surface area contributed by atoms with Crippen LogP contribution in [0.2, 0.25) is 0 Å². The number of nitrogens with zero attached hydrogens (tertiary/aromatic N) is 3. The van der Waals surface area contributed by atoms with Crippen molar-refractivity contribution in [3.05, 3.63) is 30.0 Å². The number of nitrogens with one attached hydrogen (secondary N) is 2. The van der Waals surface area contributed by atoms with Gasteiger partial charge in [-0.05, 0) is 26.8 Å². The molecule has 0 aliphatic heterocycles. The van der Waals surface area contributed by atoms with E-state index in [4.69, 9.17) is 4.74 Å². The molecule has 0 bridgehead atoms. The quantitative estimate of drug-likeness (QED) is 0.789. The second-order valence-electron chi connectivity index (χ2n) is 6.86. The molecule has 0 unspecified atom stereocenters. The monoisotopic (exact) mass is 377 g/mol. The molecule has 10 nitrogen and oxygen atoms in total. The number of aromatic nitrogens is 3. The number of methoxy groups -OCH3 is 1. The van der Waals surface area contributed by atoms with E-state index in [9.17, 15) is 14.4 Å². The van der Waals surface area contributed by atoms with Crippen molar-refractivity contribution in [2.24, 2.45) is 14.1 Å². The van der Waals surface area contributed by atoms with Gasteiger partial charge >= 0.3 is 12.1 Å². The number of carbonyl (C=O) groups excluding carboxylic acids is 3. The van der Waals surface area contributed by atoms with Crippen LogP contribution in [0.3, 0.4) is 0 Å². The fraction of sp³-hybridized carbons (Fsp3) is 0.412. The SMILES string of the molecule is COC(=O)c1cc(NC(=O)c2nc(NC(=O)OC(C)(C)C)cn2C)cn1C. The molecule has 2 N–H and O–H groups in total. The molecule has 146 valence electrons. The maximum atomic E-state index is 12.5. The number of rotatable bonds is 4. The first-order valence-corrected chi connectivity index (χ1v) is 8.09. The van der Waals surface area contributed by atoms with Crippen molar-refractivity contribution in [1.82, 2.24) is 14.1 Å². The lowest BCUT2D eigenvalue weighted by Gasteiger charge is -2.18. The summed E-state index contributed by atoms with van der Waals surface area (Å²) in [6.45, 7) is 5.23. The van der Waals surface area contributed by atoms with Gasteiger partial charge in [0.05, 0.1) is 12.8 Å². The number of imidazole rings is 1. The minimum Gasteiger partial charge on any atom is -0.464 e. The average Bonchev–Trinajstić information content (AvgIpc) is 3.07. The van der Waals surface area contributed by atoms with Crippen LogP contribution in [0.5, 0.6) is 0 Å². The summed E-state index contributed by atoms with van der Waals surface area (Å²) < 4.78 is 12.8. The van der Waals surface area contributed by atoms with Crippen LogP contribution >= 0.6 is 0 Å². The third kappa shape index (κ3) is 5.09. The maximum absolute atomic E-state index is 12.5. The van der Waals surface area contributed by atoms with E-state index in [1.165, 1.54) is 28.5 Å². The van der Waals surface area contributed by atoms with Gasteiger partial charge in [-0.1, -0.05) is 0 Å². The Morgan fingerprint density at radius 1 is 1.07 bits per heavy atom. The van der Waals surface area contributed by atoms with E-state index < -0.39 is 23.6 Å². The smallest absolute Gasteiger partial charge is 0.413 e. The van der Waals surface area contributed by atoms with Crippen LogP contribution in [0.4, 0.5) is 16.3 Å². The molecule has 27 heavy (non-hydrogen) atoms. The topological polar surface area (TPSA) is 116 Å². The van der Waals surface area contributed by atoms with Gasteiger partial charge in [-0.15, -0.1) is 0 Å². The van der Waals surface area contributed by atoms with Gasteiger partial charge in [0.15, 0.2) is 5.82 Å². The highest BCUT2D eigenvalue weighted by molar-refractivity contribution is 6.03. The second-order valence-corrected chi connectivity index (χ2v) is 6.86. The molecule has 10 heteroatoms. The van der Waals surface area contributed by atoms with Crippen LogP contribution in [0.1, 0.15) is 41.9 Å². The third-order valence-electron chi connectivity index (χ3n) is 3.37. The first-order valence-electron chi connectivity index (χ1n) is 8.09. The van der Waals surface area contributed by atoms with E-state index in [2.05, 4.69) is 20.4 Å². The molecule has 0 atom stereocenters. The fourth-order valence-electron chi connectivity index (χ4n) is 2.27. The van der Waals surface area contributed by atoms with Gasteiger partial charge < -0.3 is 23.9 Å². The number of carbonyl (C=O) groups is 3. The van der Waals surface area contributed by atoms with Gasteiger partial charge in [0.25, 0.3) is 5.91 Å². The number of ether oxygens (including phenoxy) is 2. The maximum Gasteiger partial charge on any atom is 0.413 e. The molecule has 0 fully saturated rings. The van der Waals surface area contributed by atoms with Crippen LogP contribution in [0.15, 0.2) is 18.5 Å². The van der Waals surface area contributed by atoms with Gasteiger partial charge in [0.2, 0.25) is 5.82 Å². The average molecular weight is 377 g/mol. The molecule has 2 rings (SSSR count). The number of aryl methyl sites for hydroxylation is 2. The molecule has 0 saturated heterocycles. The number of anilines is 2. The largest absolute Gasteiger partial charge is 0.464 e. The van der Waals surface area contributed by atoms with Crippen molar-refractivity contribution >= 4 is 29.5 Å². The van der Waals surface area contributed by atoms with E-state index in [1.807, 2.05) is 0 Å². The lowest BCUT2D eigenvalue weighted by molar-refractivity contribution is 0.0587. The number of esters is 1. The second kappa shape index (κ2) is 7.52. The highest BCUT2D eigenvalue weighted by atomic mass is 16.6. The van der Waals surface area contributed by atoms with Crippen LogP contribution in [0, 0.1) is 0 Å². The molecule has 0 radical (unpaired) electrons. The van der Waals surface area contributed by atoms with E-state index in [0.29, 0.717) is 11.4 Å². The van der Waals surface area contributed by atoms with Crippen molar-refractivity contribution in [2.45, 2.75) is 26.4 Å². The fourth-order valence-corrected chi connectivity index (χ4v) is 2.27. The van der Waals surface area contributed by atoms with Crippen LogP contribution in [-0.4, -0.2) is 44.8 Å². The highest BCUT2D eigenvalue weighted by Gasteiger charge is 2.20. The Balaban J connectivity index is 2.10. The Bertz CT molecular complexity index is 875. The summed E-state index contributed by atoms with van der Waals surface area (Å²) in [4.78, 5) is 40.0. The lowest BCUT2D eigenvalue weighted by Crippen LogP contribution is -2.27. The van der Waals surface area contributed by atoms with Crippen molar-refractivity contribution in [1.29, 1.82) is 0 Å². The van der Waals surface area contributed by atoms with Gasteiger partial charge in [0, 0.05) is 26.5 Å². The third-order valence-corrected chi connectivity index (χ3v) is 3.37. The summed E-state index contributed by atoms with van der Waals surface area (Å²) >= 11 is 0.